The van der Waals surface area contributed by atoms with Crippen molar-refractivity contribution < 1.29 is 9.16 Å². The fourth-order valence-corrected chi connectivity index (χ4v) is 3.78. The highest BCUT2D eigenvalue weighted by atomic mass is 28.4. The van der Waals surface area contributed by atoms with Crippen LogP contribution in [0.1, 0.15) is 49.9 Å². The molecule has 0 saturated heterocycles. The first-order chi connectivity index (χ1) is 11.8. The van der Waals surface area contributed by atoms with Crippen LogP contribution in [0, 0.1) is 0 Å². The van der Waals surface area contributed by atoms with Crippen LogP contribution in [0.15, 0.2) is 60.7 Å². The van der Waals surface area contributed by atoms with E-state index in [1.165, 1.54) is 11.1 Å². The summed E-state index contributed by atoms with van der Waals surface area (Å²) in [5.74, 6) is 0. The van der Waals surface area contributed by atoms with Gasteiger partial charge in [-0.3, -0.25) is 0 Å². The lowest BCUT2D eigenvalue weighted by Gasteiger charge is -2.38. The van der Waals surface area contributed by atoms with Crippen molar-refractivity contribution in [1.82, 2.24) is 0 Å². The molecule has 0 N–H and O–H groups in total. The first-order valence-corrected chi connectivity index (χ1v) is 11.8. The van der Waals surface area contributed by atoms with Gasteiger partial charge in [-0.25, -0.2) is 0 Å². The van der Waals surface area contributed by atoms with E-state index in [-0.39, 0.29) is 17.4 Å². The predicted molar refractivity (Wildman–Crippen MR) is 107 cm³/mol. The molecule has 0 saturated carbocycles. The van der Waals surface area contributed by atoms with Crippen LogP contribution in [-0.4, -0.2) is 8.32 Å². The Morgan fingerprint density at radius 2 is 1.52 bits per heavy atom. The number of fused-ring (bicyclic) bond motifs is 1. The Kier molecular flexibility index (Phi) is 5.01. The average molecular weight is 353 g/mol. The quantitative estimate of drug-likeness (QED) is 0.585. The Morgan fingerprint density at radius 1 is 0.920 bits per heavy atom. The highest BCUT2D eigenvalue weighted by molar-refractivity contribution is 6.74. The van der Waals surface area contributed by atoms with E-state index in [0.29, 0.717) is 0 Å². The van der Waals surface area contributed by atoms with Crippen LogP contribution in [0.25, 0.3) is 6.08 Å². The summed E-state index contributed by atoms with van der Waals surface area (Å²) in [7, 11) is -1.90. The molecule has 2 aromatic rings. The van der Waals surface area contributed by atoms with Crippen molar-refractivity contribution in [3.8, 4) is 0 Å². The largest absolute Gasteiger partial charge is 0.389 e. The van der Waals surface area contributed by atoms with Gasteiger partial charge < -0.3 is 9.16 Å². The normalized spacial score (nSPS) is 20.8. The SMILES string of the molecule is CC(C)(C)[Si](C)(C)OC1OC(/C=C/c2ccccc2)c2ccccc21. The molecule has 2 nitrogen and oxygen atoms in total. The van der Waals surface area contributed by atoms with E-state index >= 15 is 0 Å². The fourth-order valence-electron chi connectivity index (χ4n) is 2.71. The van der Waals surface area contributed by atoms with Crippen molar-refractivity contribution in [2.75, 3.05) is 0 Å². The van der Waals surface area contributed by atoms with Crippen LogP contribution in [0.2, 0.25) is 18.1 Å². The maximum absolute atomic E-state index is 6.55. The summed E-state index contributed by atoms with van der Waals surface area (Å²) < 4.78 is 12.9. The first-order valence-electron chi connectivity index (χ1n) is 8.93. The second kappa shape index (κ2) is 6.91. The molecule has 0 bridgehead atoms. The van der Waals surface area contributed by atoms with Crippen LogP contribution in [-0.2, 0) is 9.16 Å². The number of hydrogen-bond donors (Lipinski definition) is 0. The molecule has 0 aliphatic carbocycles. The van der Waals surface area contributed by atoms with E-state index in [4.69, 9.17) is 9.16 Å². The van der Waals surface area contributed by atoms with Gasteiger partial charge in [0, 0.05) is 5.56 Å². The van der Waals surface area contributed by atoms with Crippen molar-refractivity contribution >= 4 is 14.4 Å². The van der Waals surface area contributed by atoms with Gasteiger partial charge in [-0.1, -0.05) is 87.5 Å². The molecule has 0 spiro atoms. The van der Waals surface area contributed by atoms with Crippen molar-refractivity contribution in [3.05, 3.63) is 77.4 Å². The van der Waals surface area contributed by atoms with Gasteiger partial charge in [-0.05, 0) is 29.3 Å². The summed E-state index contributed by atoms with van der Waals surface area (Å²) in [6.07, 6.45) is 3.91. The van der Waals surface area contributed by atoms with Gasteiger partial charge >= 0.3 is 0 Å². The molecule has 3 heteroatoms. The van der Waals surface area contributed by atoms with Gasteiger partial charge in [0.25, 0.3) is 0 Å². The minimum atomic E-state index is -1.90. The summed E-state index contributed by atoms with van der Waals surface area (Å²) in [6, 6.07) is 18.7. The average Bonchev–Trinajstić information content (AvgIpc) is 2.90. The Bertz CT molecular complexity index is 744. The van der Waals surface area contributed by atoms with Crippen LogP contribution in [0.4, 0.5) is 0 Å². The third-order valence-corrected chi connectivity index (χ3v) is 9.71. The molecule has 3 rings (SSSR count). The monoisotopic (exact) mass is 352 g/mol. The van der Waals surface area contributed by atoms with E-state index in [9.17, 15) is 0 Å². The standard InChI is InChI=1S/C22H28O2Si/c1-22(2,3)25(4,5)24-21-19-14-10-9-13-18(19)20(23-21)16-15-17-11-7-6-8-12-17/h6-16,20-21H,1-5H3/b16-15+. The van der Waals surface area contributed by atoms with Crippen molar-refractivity contribution in [3.63, 3.8) is 0 Å². The second-order valence-electron chi connectivity index (χ2n) is 8.17. The van der Waals surface area contributed by atoms with Gasteiger partial charge in [-0.2, -0.15) is 0 Å². The van der Waals surface area contributed by atoms with Crippen molar-refractivity contribution in [1.29, 1.82) is 0 Å². The highest BCUT2D eigenvalue weighted by Gasteiger charge is 2.42. The number of benzene rings is 2. The van der Waals surface area contributed by atoms with Crippen LogP contribution >= 0.6 is 0 Å². The molecule has 132 valence electrons. The maximum Gasteiger partial charge on any atom is 0.195 e. The predicted octanol–water partition coefficient (Wildman–Crippen LogP) is 6.49. The zero-order chi connectivity index (χ0) is 18.1. The van der Waals surface area contributed by atoms with Crippen molar-refractivity contribution in [2.24, 2.45) is 0 Å². The van der Waals surface area contributed by atoms with Gasteiger partial charge in [0.15, 0.2) is 14.6 Å². The summed E-state index contributed by atoms with van der Waals surface area (Å²) >= 11 is 0. The molecule has 2 aromatic carbocycles. The topological polar surface area (TPSA) is 18.5 Å². The summed E-state index contributed by atoms with van der Waals surface area (Å²) in [6.45, 7) is 11.3. The maximum atomic E-state index is 6.55. The molecule has 2 unspecified atom stereocenters. The van der Waals surface area contributed by atoms with Crippen LogP contribution in [0.3, 0.4) is 0 Å². The molecule has 1 aliphatic heterocycles. The molecular weight excluding hydrogens is 324 g/mol. The second-order valence-corrected chi connectivity index (χ2v) is 12.9. The Labute approximate surface area is 152 Å². The highest BCUT2D eigenvalue weighted by Crippen LogP contribution is 2.46. The minimum absolute atomic E-state index is 0.0637. The van der Waals surface area contributed by atoms with E-state index in [0.717, 1.165) is 5.56 Å². The Morgan fingerprint density at radius 3 is 2.16 bits per heavy atom. The number of ether oxygens (including phenoxy) is 1. The summed E-state index contributed by atoms with van der Waals surface area (Å²) in [5.41, 5.74) is 3.55. The first kappa shape index (κ1) is 18.1. The fraction of sp³-hybridized carbons (Fsp3) is 0.364. The zero-order valence-corrected chi connectivity index (χ0v) is 16.8. The van der Waals surface area contributed by atoms with E-state index in [1.807, 2.05) is 18.2 Å². The third-order valence-electron chi connectivity index (χ3n) is 5.30. The molecule has 0 aromatic heterocycles. The Hall–Kier alpha value is -1.68. The zero-order valence-electron chi connectivity index (χ0n) is 15.8. The van der Waals surface area contributed by atoms with Gasteiger partial charge in [-0.15, -0.1) is 0 Å². The molecule has 1 heterocycles. The molecule has 0 amide bonds. The lowest BCUT2D eigenvalue weighted by atomic mass is 10.0. The van der Waals surface area contributed by atoms with E-state index < -0.39 is 8.32 Å². The minimum Gasteiger partial charge on any atom is -0.389 e. The summed E-state index contributed by atoms with van der Waals surface area (Å²) in [5, 5.41) is 0.156. The Balaban J connectivity index is 1.84. The number of rotatable bonds is 4. The van der Waals surface area contributed by atoms with Gasteiger partial charge in [0.2, 0.25) is 0 Å². The summed E-state index contributed by atoms with van der Waals surface area (Å²) in [4.78, 5) is 0. The van der Waals surface area contributed by atoms with Crippen LogP contribution < -0.4 is 0 Å². The van der Waals surface area contributed by atoms with Gasteiger partial charge in [0.1, 0.15) is 6.10 Å². The van der Waals surface area contributed by atoms with Gasteiger partial charge in [0.05, 0.1) is 0 Å². The van der Waals surface area contributed by atoms with Crippen molar-refractivity contribution in [2.45, 2.75) is 51.3 Å². The smallest absolute Gasteiger partial charge is 0.195 e. The van der Waals surface area contributed by atoms with Crippen LogP contribution in [0.5, 0.6) is 0 Å². The number of hydrogen-bond acceptors (Lipinski definition) is 2. The molecule has 0 radical (unpaired) electrons. The molecule has 25 heavy (non-hydrogen) atoms. The molecule has 2 atom stereocenters. The molecule has 0 fully saturated rings. The molecular formula is C22H28O2Si. The lowest BCUT2D eigenvalue weighted by molar-refractivity contribution is -0.0962. The lowest BCUT2D eigenvalue weighted by Crippen LogP contribution is -2.41. The van der Waals surface area contributed by atoms with E-state index in [1.54, 1.807) is 0 Å². The third kappa shape index (κ3) is 3.95. The molecule has 1 aliphatic rings. The van der Waals surface area contributed by atoms with E-state index in [2.05, 4.69) is 82.4 Å².